The van der Waals surface area contributed by atoms with E-state index in [9.17, 15) is 4.79 Å². The largest absolute Gasteiger partial charge is 0.378 e. The van der Waals surface area contributed by atoms with Crippen LogP contribution in [0.4, 0.5) is 5.69 Å². The number of carbonyl (C=O) groups is 1. The number of halogens is 1. The van der Waals surface area contributed by atoms with Gasteiger partial charge in [-0.15, -0.1) is 11.6 Å². The molecule has 1 unspecified atom stereocenters. The van der Waals surface area contributed by atoms with Crippen molar-refractivity contribution in [1.29, 1.82) is 0 Å². The van der Waals surface area contributed by atoms with Crippen LogP contribution in [0.25, 0.3) is 0 Å². The van der Waals surface area contributed by atoms with Crippen LogP contribution in [-0.4, -0.2) is 43.4 Å². The number of likely N-dealkylation sites (tertiary alicyclic amines) is 1. The van der Waals surface area contributed by atoms with E-state index in [2.05, 4.69) is 0 Å². The Morgan fingerprint density at radius 1 is 1.35 bits per heavy atom. The Morgan fingerprint density at radius 3 is 2.85 bits per heavy atom. The Bertz CT molecular complexity index is 462. The van der Waals surface area contributed by atoms with E-state index in [1.54, 1.807) is 0 Å². The monoisotopic (exact) mass is 294 g/mol. The minimum Gasteiger partial charge on any atom is -0.378 e. The lowest BCUT2D eigenvalue weighted by atomic mass is 10.1. The fraction of sp³-hybridized carbons (Fsp3) is 0.562. The van der Waals surface area contributed by atoms with Gasteiger partial charge >= 0.3 is 0 Å². The number of hydrogen-bond donors (Lipinski definition) is 0. The molecule has 1 heterocycles. The van der Waals surface area contributed by atoms with E-state index in [0.29, 0.717) is 5.88 Å². The van der Waals surface area contributed by atoms with E-state index in [1.807, 2.05) is 48.2 Å². The second-order valence-electron chi connectivity index (χ2n) is 5.60. The highest BCUT2D eigenvalue weighted by Gasteiger charge is 2.25. The van der Waals surface area contributed by atoms with Crippen LogP contribution in [0, 0.1) is 0 Å². The molecule has 1 aliphatic heterocycles. The fourth-order valence-corrected chi connectivity index (χ4v) is 3.01. The lowest BCUT2D eigenvalue weighted by Crippen LogP contribution is -2.41. The number of nitrogens with zero attached hydrogens (tertiary/aromatic N) is 2. The van der Waals surface area contributed by atoms with Crippen LogP contribution in [0.15, 0.2) is 24.3 Å². The van der Waals surface area contributed by atoms with Crippen molar-refractivity contribution in [3.8, 4) is 0 Å². The van der Waals surface area contributed by atoms with Gasteiger partial charge in [-0.1, -0.05) is 18.9 Å². The van der Waals surface area contributed by atoms with Crippen LogP contribution in [0.5, 0.6) is 0 Å². The highest BCUT2D eigenvalue weighted by Crippen LogP contribution is 2.22. The lowest BCUT2D eigenvalue weighted by molar-refractivity contribution is 0.0700. The average Bonchev–Trinajstić information content (AvgIpc) is 2.71. The molecule has 0 saturated carbocycles. The summed E-state index contributed by atoms with van der Waals surface area (Å²) in [6.07, 6.45) is 4.45. The fourth-order valence-electron chi connectivity index (χ4n) is 2.69. The predicted octanol–water partition coefficient (Wildman–Crippen LogP) is 3.38. The summed E-state index contributed by atoms with van der Waals surface area (Å²) in [5.74, 6) is 0.639. The topological polar surface area (TPSA) is 23.6 Å². The van der Waals surface area contributed by atoms with Crippen molar-refractivity contribution in [2.24, 2.45) is 0 Å². The second-order valence-corrected chi connectivity index (χ2v) is 5.91. The molecule has 1 aromatic rings. The number of alkyl halides is 1. The minimum absolute atomic E-state index is 0.112. The Kier molecular flexibility index (Phi) is 5.30. The summed E-state index contributed by atoms with van der Waals surface area (Å²) in [4.78, 5) is 16.7. The third-order valence-corrected chi connectivity index (χ3v) is 4.28. The van der Waals surface area contributed by atoms with Crippen LogP contribution < -0.4 is 4.90 Å². The van der Waals surface area contributed by atoms with Gasteiger partial charge in [0.2, 0.25) is 0 Å². The molecule has 0 N–H and O–H groups in total. The average molecular weight is 295 g/mol. The molecule has 110 valence electrons. The number of hydrogen-bond acceptors (Lipinski definition) is 2. The van der Waals surface area contributed by atoms with Gasteiger partial charge in [-0.25, -0.2) is 0 Å². The van der Waals surface area contributed by atoms with Crippen molar-refractivity contribution < 1.29 is 4.79 Å². The summed E-state index contributed by atoms with van der Waals surface area (Å²) < 4.78 is 0. The van der Waals surface area contributed by atoms with E-state index in [1.165, 1.54) is 12.8 Å². The Hall–Kier alpha value is -1.22. The van der Waals surface area contributed by atoms with E-state index >= 15 is 0 Å². The van der Waals surface area contributed by atoms with Gasteiger partial charge in [0, 0.05) is 43.8 Å². The third-order valence-electron chi connectivity index (χ3n) is 3.93. The van der Waals surface area contributed by atoms with Gasteiger partial charge in [0.05, 0.1) is 0 Å². The maximum atomic E-state index is 12.7. The van der Waals surface area contributed by atoms with Gasteiger partial charge in [0.15, 0.2) is 0 Å². The number of anilines is 1. The molecular weight excluding hydrogens is 272 g/mol. The molecule has 20 heavy (non-hydrogen) atoms. The van der Waals surface area contributed by atoms with Gasteiger partial charge in [0.25, 0.3) is 5.91 Å². The van der Waals surface area contributed by atoms with Crippen LogP contribution in [0.2, 0.25) is 0 Å². The van der Waals surface area contributed by atoms with Gasteiger partial charge in [0.1, 0.15) is 0 Å². The highest BCUT2D eigenvalue weighted by atomic mass is 35.5. The zero-order valence-corrected chi connectivity index (χ0v) is 13.1. The first-order valence-electron chi connectivity index (χ1n) is 7.28. The molecule has 0 aliphatic carbocycles. The van der Waals surface area contributed by atoms with Gasteiger partial charge in [-0.05, 0) is 31.0 Å². The summed E-state index contributed by atoms with van der Waals surface area (Å²) in [5, 5.41) is 0. The summed E-state index contributed by atoms with van der Waals surface area (Å²) in [6.45, 7) is 0.822. The quantitative estimate of drug-likeness (QED) is 0.798. The molecule has 0 spiro atoms. The standard InChI is InChI=1S/C16H23ClN2O/c1-18(2)14-9-6-7-13(11-14)16(20)19-10-5-3-4-8-15(19)12-17/h6-7,9,11,15H,3-5,8,10,12H2,1-2H3. The number of benzene rings is 1. The first-order valence-corrected chi connectivity index (χ1v) is 7.81. The van der Waals surface area contributed by atoms with E-state index in [4.69, 9.17) is 11.6 Å². The Balaban J connectivity index is 2.22. The van der Waals surface area contributed by atoms with Crippen molar-refractivity contribution in [1.82, 2.24) is 4.90 Å². The van der Waals surface area contributed by atoms with E-state index in [0.717, 1.165) is 30.6 Å². The number of carbonyl (C=O) groups excluding carboxylic acids is 1. The van der Waals surface area contributed by atoms with Crippen molar-refractivity contribution in [3.05, 3.63) is 29.8 Å². The second kappa shape index (κ2) is 6.98. The third kappa shape index (κ3) is 3.45. The molecule has 1 atom stereocenters. The first-order chi connectivity index (χ1) is 9.63. The molecule has 0 radical (unpaired) electrons. The summed E-state index contributed by atoms with van der Waals surface area (Å²) in [7, 11) is 3.97. The van der Waals surface area contributed by atoms with Gasteiger partial charge < -0.3 is 9.80 Å². The summed E-state index contributed by atoms with van der Waals surface area (Å²) in [6, 6.07) is 7.98. The number of rotatable bonds is 3. The van der Waals surface area contributed by atoms with Crippen LogP contribution in [0.1, 0.15) is 36.0 Å². The Labute approximate surface area is 126 Å². The zero-order valence-electron chi connectivity index (χ0n) is 12.3. The molecule has 3 nitrogen and oxygen atoms in total. The molecule has 1 saturated heterocycles. The van der Waals surface area contributed by atoms with Crippen LogP contribution >= 0.6 is 11.6 Å². The lowest BCUT2D eigenvalue weighted by Gasteiger charge is -2.29. The van der Waals surface area contributed by atoms with E-state index in [-0.39, 0.29) is 11.9 Å². The van der Waals surface area contributed by atoms with Crippen LogP contribution in [0.3, 0.4) is 0 Å². The maximum Gasteiger partial charge on any atom is 0.254 e. The van der Waals surface area contributed by atoms with Crippen molar-refractivity contribution >= 4 is 23.2 Å². The first kappa shape index (κ1) is 15.2. The molecule has 0 aromatic heterocycles. The predicted molar refractivity (Wildman–Crippen MR) is 84.8 cm³/mol. The molecule has 1 aliphatic rings. The smallest absolute Gasteiger partial charge is 0.254 e. The van der Waals surface area contributed by atoms with E-state index < -0.39 is 0 Å². The molecule has 1 aromatic carbocycles. The summed E-state index contributed by atoms with van der Waals surface area (Å²) >= 11 is 6.06. The van der Waals surface area contributed by atoms with Crippen molar-refractivity contribution in [2.45, 2.75) is 31.7 Å². The number of amides is 1. The molecule has 1 amide bonds. The van der Waals surface area contributed by atoms with Crippen molar-refractivity contribution in [3.63, 3.8) is 0 Å². The maximum absolute atomic E-state index is 12.7. The molecule has 1 fully saturated rings. The van der Waals surface area contributed by atoms with Gasteiger partial charge in [-0.3, -0.25) is 4.79 Å². The normalized spacial score (nSPS) is 19.6. The highest BCUT2D eigenvalue weighted by molar-refractivity contribution is 6.18. The molecule has 0 bridgehead atoms. The summed E-state index contributed by atoms with van der Waals surface area (Å²) in [5.41, 5.74) is 1.81. The molecular formula is C16H23ClN2O. The Morgan fingerprint density at radius 2 is 2.15 bits per heavy atom. The zero-order chi connectivity index (χ0) is 14.5. The SMILES string of the molecule is CN(C)c1cccc(C(=O)N2CCCCCC2CCl)c1. The molecule has 4 heteroatoms. The molecule has 2 rings (SSSR count). The van der Waals surface area contributed by atoms with Gasteiger partial charge in [-0.2, -0.15) is 0 Å². The van der Waals surface area contributed by atoms with Crippen molar-refractivity contribution in [2.75, 3.05) is 31.4 Å². The minimum atomic E-state index is 0.112. The van der Waals surface area contributed by atoms with Crippen LogP contribution in [-0.2, 0) is 0 Å².